The third kappa shape index (κ3) is 2.85. The van der Waals surface area contributed by atoms with Crippen LogP contribution in [0.2, 0.25) is 0 Å². The molecule has 76 valence electrons. The molecule has 0 fully saturated rings. The second-order valence-electron chi connectivity index (χ2n) is 2.83. The van der Waals surface area contributed by atoms with Gasteiger partial charge < -0.3 is 15.5 Å². The Morgan fingerprint density at radius 1 is 1.57 bits per heavy atom. The van der Waals surface area contributed by atoms with Crippen LogP contribution in [-0.4, -0.2) is 22.2 Å². The number of phenolic OH excluding ortho intramolecular Hbond substituents is 1. The quantitative estimate of drug-likeness (QED) is 0.570. The average molecular weight is 307 g/mol. The van der Waals surface area contributed by atoms with Gasteiger partial charge in [-0.3, -0.25) is 4.79 Å². The lowest BCUT2D eigenvalue weighted by Crippen LogP contribution is -2.24. The van der Waals surface area contributed by atoms with Crippen LogP contribution in [0.4, 0.5) is 5.69 Å². The number of anilines is 1. The monoisotopic (exact) mass is 307 g/mol. The molecule has 0 unspecified atom stereocenters. The van der Waals surface area contributed by atoms with Crippen molar-refractivity contribution in [3.05, 3.63) is 21.8 Å². The van der Waals surface area contributed by atoms with E-state index in [1.165, 1.54) is 13.0 Å². The smallest absolute Gasteiger partial charge is 0.253 e. The molecule has 4 nitrogen and oxygen atoms in total. The molecular weight excluding hydrogens is 297 g/mol. The number of carbonyl (C=O) groups is 1. The summed E-state index contributed by atoms with van der Waals surface area (Å²) in [5, 5.41) is 20.7. The number of phenols is 1. The summed E-state index contributed by atoms with van der Waals surface area (Å²) < 4.78 is 0.871. The van der Waals surface area contributed by atoms with E-state index in [-0.39, 0.29) is 5.75 Å². The summed E-state index contributed by atoms with van der Waals surface area (Å²) in [5.41, 5.74) is 0.302. The fourth-order valence-corrected chi connectivity index (χ4v) is 1.32. The summed E-state index contributed by atoms with van der Waals surface area (Å²) in [4.78, 5) is 11.1. The highest BCUT2D eigenvalue weighted by Gasteiger charge is 2.10. The first-order valence-electron chi connectivity index (χ1n) is 3.98. The molecule has 0 aliphatic rings. The Hall–Kier alpha value is -0.820. The summed E-state index contributed by atoms with van der Waals surface area (Å²) >= 11 is 2.05. The zero-order valence-corrected chi connectivity index (χ0v) is 9.65. The SMILES string of the molecule is C[C@H](O)C(=O)Nc1ccc(I)cc1O. The molecule has 0 aliphatic heterocycles. The molecule has 14 heavy (non-hydrogen) atoms. The second kappa shape index (κ2) is 4.61. The van der Waals surface area contributed by atoms with Crippen molar-refractivity contribution in [1.82, 2.24) is 0 Å². The lowest BCUT2D eigenvalue weighted by atomic mass is 10.3. The van der Waals surface area contributed by atoms with E-state index in [2.05, 4.69) is 5.32 Å². The highest BCUT2D eigenvalue weighted by Crippen LogP contribution is 2.24. The highest BCUT2D eigenvalue weighted by molar-refractivity contribution is 14.1. The molecule has 0 radical (unpaired) electrons. The fourth-order valence-electron chi connectivity index (χ4n) is 0.848. The predicted molar refractivity (Wildman–Crippen MR) is 61.1 cm³/mol. The Balaban J connectivity index is 2.82. The number of hydrogen-bond donors (Lipinski definition) is 3. The molecule has 0 aliphatic carbocycles. The van der Waals surface area contributed by atoms with Gasteiger partial charge in [-0.25, -0.2) is 0 Å². The number of aliphatic hydroxyl groups is 1. The van der Waals surface area contributed by atoms with E-state index < -0.39 is 12.0 Å². The second-order valence-corrected chi connectivity index (χ2v) is 4.07. The van der Waals surface area contributed by atoms with Gasteiger partial charge in [-0.05, 0) is 47.7 Å². The summed E-state index contributed by atoms with van der Waals surface area (Å²) in [5.74, 6) is -0.549. The van der Waals surface area contributed by atoms with Crippen LogP contribution in [0.1, 0.15) is 6.92 Å². The van der Waals surface area contributed by atoms with Crippen molar-refractivity contribution < 1.29 is 15.0 Å². The van der Waals surface area contributed by atoms with Gasteiger partial charge in [0.1, 0.15) is 11.9 Å². The number of aromatic hydroxyl groups is 1. The average Bonchev–Trinajstić information content (AvgIpc) is 2.09. The van der Waals surface area contributed by atoms with Gasteiger partial charge in [0.05, 0.1) is 5.69 Å². The minimum atomic E-state index is -1.09. The molecule has 0 saturated heterocycles. The maximum atomic E-state index is 11.1. The Kier molecular flexibility index (Phi) is 3.70. The predicted octanol–water partition coefficient (Wildman–Crippen LogP) is 1.32. The fraction of sp³-hybridized carbons (Fsp3) is 0.222. The van der Waals surface area contributed by atoms with Crippen molar-refractivity contribution in [3.8, 4) is 5.75 Å². The molecule has 1 aromatic rings. The number of halogens is 1. The van der Waals surface area contributed by atoms with Crippen molar-refractivity contribution in [2.24, 2.45) is 0 Å². The first kappa shape index (κ1) is 11.3. The van der Waals surface area contributed by atoms with Gasteiger partial charge in [0.25, 0.3) is 5.91 Å². The van der Waals surface area contributed by atoms with Crippen LogP contribution < -0.4 is 5.32 Å². The van der Waals surface area contributed by atoms with E-state index in [0.29, 0.717) is 5.69 Å². The van der Waals surface area contributed by atoms with Crippen LogP contribution in [0.15, 0.2) is 18.2 Å². The van der Waals surface area contributed by atoms with Crippen molar-refractivity contribution in [3.63, 3.8) is 0 Å². The van der Waals surface area contributed by atoms with Gasteiger partial charge in [-0.1, -0.05) is 0 Å². The maximum Gasteiger partial charge on any atom is 0.253 e. The Morgan fingerprint density at radius 3 is 2.71 bits per heavy atom. The van der Waals surface area contributed by atoms with Gasteiger partial charge in [0.15, 0.2) is 0 Å². The molecule has 0 aromatic heterocycles. The first-order valence-corrected chi connectivity index (χ1v) is 5.06. The molecule has 0 heterocycles. The van der Waals surface area contributed by atoms with E-state index in [1.807, 2.05) is 22.6 Å². The van der Waals surface area contributed by atoms with Crippen molar-refractivity contribution >= 4 is 34.2 Å². The summed E-state index contributed by atoms with van der Waals surface area (Å²) in [6.45, 7) is 1.36. The summed E-state index contributed by atoms with van der Waals surface area (Å²) in [6, 6.07) is 4.85. The molecule has 0 spiro atoms. The topological polar surface area (TPSA) is 69.6 Å². The molecule has 0 saturated carbocycles. The van der Waals surface area contributed by atoms with Crippen LogP contribution in [0, 0.1) is 3.57 Å². The van der Waals surface area contributed by atoms with Crippen molar-refractivity contribution in [2.45, 2.75) is 13.0 Å². The minimum Gasteiger partial charge on any atom is -0.506 e. The van der Waals surface area contributed by atoms with Crippen molar-refractivity contribution in [1.29, 1.82) is 0 Å². The number of aliphatic hydroxyl groups excluding tert-OH is 1. The normalized spacial score (nSPS) is 12.2. The van der Waals surface area contributed by atoms with E-state index in [9.17, 15) is 9.90 Å². The standard InChI is InChI=1S/C9H10INO3/c1-5(12)9(14)11-7-3-2-6(10)4-8(7)13/h2-5,12-13H,1H3,(H,11,14)/t5-/m0/s1. The van der Waals surface area contributed by atoms with E-state index in [0.717, 1.165) is 3.57 Å². The number of hydrogen-bond acceptors (Lipinski definition) is 3. The van der Waals surface area contributed by atoms with Crippen LogP contribution in [-0.2, 0) is 4.79 Å². The zero-order valence-electron chi connectivity index (χ0n) is 7.49. The first-order chi connectivity index (χ1) is 6.50. The molecule has 5 heteroatoms. The van der Waals surface area contributed by atoms with Gasteiger partial charge in [0.2, 0.25) is 0 Å². The van der Waals surface area contributed by atoms with Crippen molar-refractivity contribution in [2.75, 3.05) is 5.32 Å². The molecule has 1 aromatic carbocycles. The van der Waals surface area contributed by atoms with Crippen LogP contribution in [0.3, 0.4) is 0 Å². The van der Waals surface area contributed by atoms with E-state index in [4.69, 9.17) is 5.11 Å². The van der Waals surface area contributed by atoms with Crippen LogP contribution >= 0.6 is 22.6 Å². The lowest BCUT2D eigenvalue weighted by Gasteiger charge is -2.08. The third-order valence-electron chi connectivity index (χ3n) is 1.60. The number of benzene rings is 1. The summed E-state index contributed by atoms with van der Waals surface area (Å²) in [6.07, 6.45) is -1.09. The number of amides is 1. The molecule has 1 atom stereocenters. The largest absolute Gasteiger partial charge is 0.506 e. The molecule has 1 amide bonds. The Morgan fingerprint density at radius 2 is 2.21 bits per heavy atom. The van der Waals surface area contributed by atoms with Crippen LogP contribution in [0.5, 0.6) is 5.75 Å². The number of nitrogens with one attached hydrogen (secondary N) is 1. The van der Waals surface area contributed by atoms with Gasteiger partial charge in [-0.15, -0.1) is 0 Å². The summed E-state index contributed by atoms with van der Waals surface area (Å²) in [7, 11) is 0. The molecule has 0 bridgehead atoms. The Labute approximate surface area is 95.1 Å². The van der Waals surface area contributed by atoms with E-state index >= 15 is 0 Å². The van der Waals surface area contributed by atoms with E-state index in [1.54, 1.807) is 12.1 Å². The number of rotatable bonds is 2. The maximum absolute atomic E-state index is 11.1. The minimum absolute atomic E-state index is 0.00843. The third-order valence-corrected chi connectivity index (χ3v) is 2.27. The Bertz CT molecular complexity index is 352. The lowest BCUT2D eigenvalue weighted by molar-refractivity contribution is -0.123. The van der Waals surface area contributed by atoms with Crippen LogP contribution in [0.25, 0.3) is 0 Å². The van der Waals surface area contributed by atoms with Gasteiger partial charge >= 0.3 is 0 Å². The van der Waals surface area contributed by atoms with Gasteiger partial charge in [0, 0.05) is 3.57 Å². The zero-order chi connectivity index (χ0) is 10.7. The highest BCUT2D eigenvalue weighted by atomic mass is 127. The molecule has 1 rings (SSSR count). The molecule has 3 N–H and O–H groups in total. The molecular formula is C9H10INO3. The number of carbonyl (C=O) groups excluding carboxylic acids is 1. The van der Waals surface area contributed by atoms with Gasteiger partial charge in [-0.2, -0.15) is 0 Å².